The summed E-state index contributed by atoms with van der Waals surface area (Å²) in [4.78, 5) is 4.53. The number of nitrogens with zero attached hydrogens (tertiary/aromatic N) is 2. The zero-order chi connectivity index (χ0) is 17.1. The number of benzene rings is 2. The summed E-state index contributed by atoms with van der Waals surface area (Å²) in [5, 5.41) is 2.77. The number of aliphatic imine (C=N–C) groups is 1. The van der Waals surface area contributed by atoms with Crippen molar-refractivity contribution in [2.45, 2.75) is 20.5 Å². The van der Waals surface area contributed by atoms with Crippen LogP contribution in [0.3, 0.4) is 0 Å². The van der Waals surface area contributed by atoms with Crippen LogP contribution >= 0.6 is 11.8 Å². The number of hydrogen-bond donors (Lipinski definition) is 1. The minimum absolute atomic E-state index is 0.499. The first-order chi connectivity index (χ1) is 11.6. The van der Waals surface area contributed by atoms with Gasteiger partial charge in [-0.3, -0.25) is 4.99 Å². The van der Waals surface area contributed by atoms with Gasteiger partial charge in [-0.25, -0.2) is 5.84 Å². The van der Waals surface area contributed by atoms with Gasteiger partial charge < -0.3 is 9.75 Å². The Hall–Kier alpha value is -1.98. The monoisotopic (exact) mass is 341 g/mol. The fraction of sp³-hybridized carbons (Fsp3) is 0.316. The minimum atomic E-state index is 0.499. The first-order valence-electron chi connectivity index (χ1n) is 8.04. The standard InChI is InChI=1S/C19H23N3OS/c1-13-5-4-6-17(22(3)20)16(13)12-23-18-8-7-15(11-14(18)2)19-21-9-10-24-19/h4-8,11H,9-10,12,20H2,1-3H3. The molecule has 4 nitrogen and oxygen atoms in total. The molecule has 5 heteroatoms. The molecule has 2 aromatic carbocycles. The van der Waals surface area contributed by atoms with Crippen LogP contribution in [-0.2, 0) is 6.61 Å². The van der Waals surface area contributed by atoms with Crippen molar-refractivity contribution in [3.63, 3.8) is 0 Å². The van der Waals surface area contributed by atoms with E-state index in [1.54, 1.807) is 5.01 Å². The number of aryl methyl sites for hydroxylation is 2. The minimum Gasteiger partial charge on any atom is -0.489 e. The van der Waals surface area contributed by atoms with Gasteiger partial charge in [-0.2, -0.15) is 0 Å². The Kier molecular flexibility index (Phi) is 5.11. The van der Waals surface area contributed by atoms with E-state index in [4.69, 9.17) is 10.6 Å². The fourth-order valence-corrected chi connectivity index (χ4v) is 3.66. The predicted octanol–water partition coefficient (Wildman–Crippen LogP) is 3.69. The zero-order valence-corrected chi connectivity index (χ0v) is 15.2. The first kappa shape index (κ1) is 16.9. The lowest BCUT2D eigenvalue weighted by Gasteiger charge is -2.19. The molecule has 0 unspecified atom stereocenters. The third-order valence-electron chi connectivity index (χ3n) is 4.14. The Morgan fingerprint density at radius 2 is 2.04 bits per heavy atom. The van der Waals surface area contributed by atoms with Crippen LogP contribution in [0.2, 0.25) is 0 Å². The van der Waals surface area contributed by atoms with Gasteiger partial charge in [0.15, 0.2) is 0 Å². The summed E-state index contributed by atoms with van der Waals surface area (Å²) < 4.78 is 6.08. The first-order valence-corrected chi connectivity index (χ1v) is 9.03. The molecule has 0 aromatic heterocycles. The Morgan fingerprint density at radius 1 is 1.21 bits per heavy atom. The van der Waals surface area contributed by atoms with Crippen LogP contribution in [-0.4, -0.2) is 24.4 Å². The summed E-state index contributed by atoms with van der Waals surface area (Å²) in [5.41, 5.74) is 5.58. The maximum atomic E-state index is 6.08. The van der Waals surface area contributed by atoms with E-state index in [9.17, 15) is 0 Å². The van der Waals surface area contributed by atoms with Crippen molar-refractivity contribution in [2.75, 3.05) is 24.4 Å². The lowest BCUT2D eigenvalue weighted by atomic mass is 10.1. The largest absolute Gasteiger partial charge is 0.489 e. The van der Waals surface area contributed by atoms with Gasteiger partial charge in [0.1, 0.15) is 12.4 Å². The van der Waals surface area contributed by atoms with Crippen LogP contribution < -0.4 is 15.6 Å². The van der Waals surface area contributed by atoms with Crippen LogP contribution in [0, 0.1) is 13.8 Å². The molecule has 1 aliphatic heterocycles. The summed E-state index contributed by atoms with van der Waals surface area (Å²) in [5.74, 6) is 7.91. The summed E-state index contributed by atoms with van der Waals surface area (Å²) in [6, 6.07) is 12.4. The smallest absolute Gasteiger partial charge is 0.122 e. The van der Waals surface area contributed by atoms with Gasteiger partial charge in [-0.1, -0.05) is 12.1 Å². The highest BCUT2D eigenvalue weighted by atomic mass is 32.2. The Morgan fingerprint density at radius 3 is 2.71 bits per heavy atom. The lowest BCUT2D eigenvalue weighted by molar-refractivity contribution is 0.303. The molecule has 2 N–H and O–H groups in total. The molecular weight excluding hydrogens is 318 g/mol. The molecular formula is C19H23N3OS. The van der Waals surface area contributed by atoms with E-state index < -0.39 is 0 Å². The van der Waals surface area contributed by atoms with E-state index >= 15 is 0 Å². The maximum Gasteiger partial charge on any atom is 0.122 e. The number of hydrogen-bond acceptors (Lipinski definition) is 5. The molecule has 0 spiro atoms. The Bertz CT molecular complexity index is 771. The molecule has 0 saturated carbocycles. The summed E-state index contributed by atoms with van der Waals surface area (Å²) >= 11 is 1.82. The van der Waals surface area contributed by atoms with Gasteiger partial charge in [0.25, 0.3) is 0 Å². The normalized spacial score (nSPS) is 13.8. The third-order valence-corrected chi connectivity index (χ3v) is 5.17. The average molecular weight is 341 g/mol. The molecule has 0 atom stereocenters. The number of anilines is 1. The van der Waals surface area contributed by atoms with Crippen LogP contribution in [0.5, 0.6) is 5.75 Å². The second kappa shape index (κ2) is 7.28. The van der Waals surface area contributed by atoms with E-state index in [1.807, 2.05) is 37.0 Å². The van der Waals surface area contributed by atoms with E-state index in [-0.39, 0.29) is 0 Å². The summed E-state index contributed by atoms with van der Waals surface area (Å²) in [6.45, 7) is 5.57. The van der Waals surface area contributed by atoms with Gasteiger partial charge >= 0.3 is 0 Å². The predicted molar refractivity (Wildman–Crippen MR) is 103 cm³/mol. The van der Waals surface area contributed by atoms with E-state index in [0.717, 1.165) is 39.9 Å². The molecule has 2 aromatic rings. The molecule has 3 rings (SSSR count). The van der Waals surface area contributed by atoms with Gasteiger partial charge in [0.05, 0.1) is 10.7 Å². The average Bonchev–Trinajstić information content (AvgIpc) is 3.08. The van der Waals surface area contributed by atoms with Gasteiger partial charge in [-0.05, 0) is 49.2 Å². The van der Waals surface area contributed by atoms with Gasteiger partial charge in [0, 0.05) is 30.5 Å². The quantitative estimate of drug-likeness (QED) is 0.666. The number of thioether (sulfide) groups is 1. The summed E-state index contributed by atoms with van der Waals surface area (Å²) in [6.07, 6.45) is 0. The number of hydrazine groups is 1. The van der Waals surface area contributed by atoms with Crippen LogP contribution in [0.15, 0.2) is 41.4 Å². The zero-order valence-electron chi connectivity index (χ0n) is 14.4. The highest BCUT2D eigenvalue weighted by Gasteiger charge is 2.13. The SMILES string of the molecule is Cc1cc(C2=NCCS2)ccc1OCc1c(C)cccc1N(C)N. The van der Waals surface area contributed by atoms with Crippen molar-refractivity contribution in [3.8, 4) is 5.75 Å². The number of ether oxygens (including phenoxy) is 1. The Balaban J connectivity index is 1.78. The molecule has 1 aliphatic rings. The van der Waals surface area contributed by atoms with Crippen molar-refractivity contribution in [3.05, 3.63) is 58.7 Å². The van der Waals surface area contributed by atoms with Crippen molar-refractivity contribution >= 4 is 22.5 Å². The molecule has 0 fully saturated rings. The van der Waals surface area contributed by atoms with Crippen molar-refractivity contribution in [2.24, 2.45) is 10.8 Å². The van der Waals surface area contributed by atoms with E-state index in [1.165, 1.54) is 11.1 Å². The molecule has 0 amide bonds. The molecule has 0 saturated heterocycles. The van der Waals surface area contributed by atoms with Crippen molar-refractivity contribution < 1.29 is 4.74 Å². The van der Waals surface area contributed by atoms with Gasteiger partial charge in [-0.15, -0.1) is 11.8 Å². The molecule has 126 valence electrons. The van der Waals surface area contributed by atoms with Crippen LogP contribution in [0.4, 0.5) is 5.69 Å². The Labute approximate surface area is 147 Å². The molecule has 1 heterocycles. The van der Waals surface area contributed by atoms with Crippen LogP contribution in [0.1, 0.15) is 22.3 Å². The number of nitrogens with two attached hydrogens (primary N) is 1. The van der Waals surface area contributed by atoms with Crippen LogP contribution in [0.25, 0.3) is 0 Å². The molecule has 0 radical (unpaired) electrons. The molecule has 24 heavy (non-hydrogen) atoms. The second-order valence-corrected chi connectivity index (χ2v) is 7.07. The van der Waals surface area contributed by atoms with E-state index in [0.29, 0.717) is 6.61 Å². The topological polar surface area (TPSA) is 50.8 Å². The maximum absolute atomic E-state index is 6.08. The highest BCUT2D eigenvalue weighted by molar-refractivity contribution is 8.14. The molecule has 0 aliphatic carbocycles. The lowest BCUT2D eigenvalue weighted by Crippen LogP contribution is -2.26. The highest BCUT2D eigenvalue weighted by Crippen LogP contribution is 2.27. The fourth-order valence-electron chi connectivity index (χ4n) is 2.81. The molecule has 0 bridgehead atoms. The van der Waals surface area contributed by atoms with Crippen molar-refractivity contribution in [1.82, 2.24) is 0 Å². The van der Waals surface area contributed by atoms with E-state index in [2.05, 4.69) is 37.0 Å². The summed E-state index contributed by atoms with van der Waals surface area (Å²) in [7, 11) is 1.85. The van der Waals surface area contributed by atoms with Crippen molar-refractivity contribution in [1.29, 1.82) is 0 Å². The third kappa shape index (κ3) is 3.57. The number of rotatable bonds is 5. The van der Waals surface area contributed by atoms with Gasteiger partial charge in [0.2, 0.25) is 0 Å². The second-order valence-electron chi connectivity index (χ2n) is 5.99.